The number of aromatic nitrogens is 2. The van der Waals surface area contributed by atoms with Crippen molar-refractivity contribution < 1.29 is 5.11 Å². The summed E-state index contributed by atoms with van der Waals surface area (Å²) in [5.74, 6) is 0. The van der Waals surface area contributed by atoms with E-state index in [1.54, 1.807) is 18.6 Å². The van der Waals surface area contributed by atoms with E-state index in [1.165, 1.54) is 0 Å². The number of aliphatic hydroxyl groups is 1. The lowest BCUT2D eigenvalue weighted by molar-refractivity contribution is 0.0961. The summed E-state index contributed by atoms with van der Waals surface area (Å²) in [7, 11) is 0. The largest absolute Gasteiger partial charge is 0.393 e. The van der Waals surface area contributed by atoms with Gasteiger partial charge in [-0.15, -0.1) is 0 Å². The average molecular weight is 207 g/mol. The molecule has 4 heteroatoms. The number of hydrogen-bond acceptors (Lipinski definition) is 4. The lowest BCUT2D eigenvalue weighted by Gasteiger charge is -2.37. The highest BCUT2D eigenvalue weighted by Gasteiger charge is 2.36. The molecule has 15 heavy (non-hydrogen) atoms. The van der Waals surface area contributed by atoms with E-state index in [-0.39, 0.29) is 11.5 Å². The van der Waals surface area contributed by atoms with Crippen LogP contribution in [0.5, 0.6) is 0 Å². The van der Waals surface area contributed by atoms with E-state index in [1.807, 2.05) is 0 Å². The molecule has 1 saturated carbocycles. The molecular formula is C11H17N3O. The van der Waals surface area contributed by atoms with Gasteiger partial charge in [0, 0.05) is 30.6 Å². The van der Waals surface area contributed by atoms with Crippen molar-refractivity contribution in [1.82, 2.24) is 9.97 Å². The molecule has 0 amide bonds. The van der Waals surface area contributed by atoms with Gasteiger partial charge in [0.05, 0.1) is 11.8 Å². The second-order valence-electron chi connectivity index (χ2n) is 4.31. The van der Waals surface area contributed by atoms with Crippen molar-refractivity contribution >= 4 is 0 Å². The molecule has 0 aromatic carbocycles. The molecule has 1 aromatic heterocycles. The van der Waals surface area contributed by atoms with Gasteiger partial charge in [0.25, 0.3) is 0 Å². The van der Waals surface area contributed by atoms with E-state index in [0.717, 1.165) is 31.4 Å². The lowest BCUT2D eigenvalue weighted by Crippen LogP contribution is -2.40. The average Bonchev–Trinajstić information content (AvgIpc) is 2.32. The maximum Gasteiger partial charge on any atom is 0.0660 e. The molecule has 4 nitrogen and oxygen atoms in total. The first-order chi connectivity index (χ1) is 7.27. The first kappa shape index (κ1) is 10.5. The molecule has 0 spiro atoms. The Kier molecular flexibility index (Phi) is 2.98. The van der Waals surface area contributed by atoms with Crippen LogP contribution in [0.15, 0.2) is 18.6 Å². The van der Waals surface area contributed by atoms with Gasteiger partial charge in [0.2, 0.25) is 0 Å². The van der Waals surface area contributed by atoms with Crippen LogP contribution < -0.4 is 5.73 Å². The van der Waals surface area contributed by atoms with E-state index >= 15 is 0 Å². The quantitative estimate of drug-likeness (QED) is 0.745. The van der Waals surface area contributed by atoms with Gasteiger partial charge in [0.15, 0.2) is 0 Å². The smallest absolute Gasteiger partial charge is 0.0660 e. The number of nitrogens with two attached hydrogens (primary N) is 1. The number of hydrogen-bond donors (Lipinski definition) is 2. The highest BCUT2D eigenvalue weighted by atomic mass is 16.3. The van der Waals surface area contributed by atoms with Crippen LogP contribution in [0, 0.1) is 0 Å². The Bertz CT molecular complexity index is 307. The molecule has 1 fully saturated rings. The van der Waals surface area contributed by atoms with E-state index in [0.29, 0.717) is 6.54 Å². The maximum atomic E-state index is 9.51. The van der Waals surface area contributed by atoms with Crippen molar-refractivity contribution in [1.29, 1.82) is 0 Å². The molecule has 0 atom stereocenters. The van der Waals surface area contributed by atoms with Crippen LogP contribution >= 0.6 is 0 Å². The minimum Gasteiger partial charge on any atom is -0.393 e. The van der Waals surface area contributed by atoms with Gasteiger partial charge in [-0.3, -0.25) is 9.97 Å². The Morgan fingerprint density at radius 1 is 1.40 bits per heavy atom. The van der Waals surface area contributed by atoms with E-state index in [4.69, 9.17) is 5.73 Å². The summed E-state index contributed by atoms with van der Waals surface area (Å²) in [6.45, 7) is 0.582. The Morgan fingerprint density at radius 3 is 2.67 bits per heavy atom. The Hall–Kier alpha value is -1.00. The van der Waals surface area contributed by atoms with Crippen LogP contribution in [0.1, 0.15) is 31.4 Å². The zero-order chi connectivity index (χ0) is 10.7. The topological polar surface area (TPSA) is 72.0 Å². The van der Waals surface area contributed by atoms with Gasteiger partial charge in [-0.05, 0) is 25.7 Å². The summed E-state index contributed by atoms with van der Waals surface area (Å²) < 4.78 is 0. The molecule has 3 N–H and O–H groups in total. The highest BCUT2D eigenvalue weighted by Crippen LogP contribution is 2.37. The minimum absolute atomic E-state index is 0.0620. The molecule has 2 rings (SSSR count). The number of aliphatic hydroxyl groups excluding tert-OH is 1. The SMILES string of the molecule is NCC1(c2cnccn2)CCC(O)CC1. The summed E-state index contributed by atoms with van der Waals surface area (Å²) >= 11 is 0. The maximum absolute atomic E-state index is 9.51. The van der Waals surface area contributed by atoms with Crippen LogP contribution in [0.25, 0.3) is 0 Å². The van der Waals surface area contributed by atoms with Gasteiger partial charge in [-0.1, -0.05) is 0 Å². The first-order valence-electron chi connectivity index (χ1n) is 5.41. The summed E-state index contributed by atoms with van der Waals surface area (Å²) in [6, 6.07) is 0. The molecule has 1 aliphatic carbocycles. The summed E-state index contributed by atoms with van der Waals surface area (Å²) in [4.78, 5) is 8.44. The molecule has 1 aliphatic rings. The molecule has 1 aromatic rings. The van der Waals surface area contributed by atoms with E-state index in [9.17, 15) is 5.11 Å². The van der Waals surface area contributed by atoms with Crippen molar-refractivity contribution in [3.8, 4) is 0 Å². The van der Waals surface area contributed by atoms with Crippen LogP contribution in [-0.2, 0) is 5.41 Å². The van der Waals surface area contributed by atoms with Crippen LogP contribution in [0.4, 0.5) is 0 Å². The van der Waals surface area contributed by atoms with Crippen LogP contribution in [0.2, 0.25) is 0 Å². The summed E-state index contributed by atoms with van der Waals surface area (Å²) in [5.41, 5.74) is 6.78. The molecule has 0 unspecified atom stereocenters. The Labute approximate surface area is 89.6 Å². The minimum atomic E-state index is -0.165. The van der Waals surface area contributed by atoms with Gasteiger partial charge >= 0.3 is 0 Å². The highest BCUT2D eigenvalue weighted by molar-refractivity contribution is 5.15. The Balaban J connectivity index is 2.23. The lowest BCUT2D eigenvalue weighted by atomic mass is 9.71. The van der Waals surface area contributed by atoms with Crippen LogP contribution in [-0.4, -0.2) is 27.7 Å². The first-order valence-corrected chi connectivity index (χ1v) is 5.41. The monoisotopic (exact) mass is 207 g/mol. The van der Waals surface area contributed by atoms with Crippen molar-refractivity contribution in [2.75, 3.05) is 6.54 Å². The van der Waals surface area contributed by atoms with Gasteiger partial charge in [0.1, 0.15) is 0 Å². The fourth-order valence-electron chi connectivity index (χ4n) is 2.29. The van der Waals surface area contributed by atoms with Gasteiger partial charge < -0.3 is 10.8 Å². The predicted molar refractivity (Wildman–Crippen MR) is 57.2 cm³/mol. The van der Waals surface area contributed by atoms with Crippen molar-refractivity contribution in [3.63, 3.8) is 0 Å². The third kappa shape index (κ3) is 2.01. The molecule has 82 valence electrons. The molecule has 1 heterocycles. The third-order valence-corrected chi connectivity index (χ3v) is 3.41. The fraction of sp³-hybridized carbons (Fsp3) is 0.636. The zero-order valence-corrected chi connectivity index (χ0v) is 8.76. The third-order valence-electron chi connectivity index (χ3n) is 3.41. The zero-order valence-electron chi connectivity index (χ0n) is 8.76. The molecular weight excluding hydrogens is 190 g/mol. The molecule has 0 saturated heterocycles. The standard InChI is InChI=1S/C11H17N3O/c12-8-11(3-1-9(15)2-4-11)10-7-13-5-6-14-10/h5-7,9,15H,1-4,8,12H2. The van der Waals surface area contributed by atoms with E-state index in [2.05, 4.69) is 9.97 Å². The number of nitrogens with zero attached hydrogens (tertiary/aromatic N) is 2. The van der Waals surface area contributed by atoms with Crippen LogP contribution in [0.3, 0.4) is 0 Å². The molecule has 0 radical (unpaired) electrons. The second-order valence-corrected chi connectivity index (χ2v) is 4.31. The van der Waals surface area contributed by atoms with Crippen molar-refractivity contribution in [3.05, 3.63) is 24.3 Å². The fourth-order valence-corrected chi connectivity index (χ4v) is 2.29. The Morgan fingerprint density at radius 2 is 2.13 bits per heavy atom. The summed E-state index contributed by atoms with van der Waals surface area (Å²) in [6.07, 6.45) is 8.45. The van der Waals surface area contributed by atoms with Gasteiger partial charge in [-0.2, -0.15) is 0 Å². The van der Waals surface area contributed by atoms with E-state index < -0.39 is 0 Å². The van der Waals surface area contributed by atoms with Crippen molar-refractivity contribution in [2.24, 2.45) is 5.73 Å². The predicted octanol–water partition coefficient (Wildman–Crippen LogP) is 0.608. The van der Waals surface area contributed by atoms with Crippen molar-refractivity contribution in [2.45, 2.75) is 37.2 Å². The number of rotatable bonds is 2. The molecule has 0 aliphatic heterocycles. The second kappa shape index (κ2) is 4.24. The normalized spacial score (nSPS) is 31.5. The van der Waals surface area contributed by atoms with Gasteiger partial charge in [-0.25, -0.2) is 0 Å². The summed E-state index contributed by atoms with van der Waals surface area (Å²) in [5, 5.41) is 9.51. The molecule has 0 bridgehead atoms.